The molecule has 102 valence electrons. The fraction of sp³-hybridized carbons (Fsp3) is 0.400. The second-order valence-corrected chi connectivity index (χ2v) is 4.96. The van der Waals surface area contributed by atoms with Crippen LogP contribution in [-0.2, 0) is 4.74 Å². The number of ether oxygens (including phenoxy) is 1. The highest BCUT2D eigenvalue weighted by atomic mass is 19.1. The molecule has 0 unspecified atom stereocenters. The molecule has 0 aliphatic heterocycles. The van der Waals surface area contributed by atoms with Gasteiger partial charge in [-0.2, -0.15) is 0 Å². The standard InChI is InChI=1S/C15H18FNO2/c1-15(2,3)19-14(18)17-11-7-6-9-12-8-4-5-10-13(12)16/h4-5,8,10H,7,11H2,1-3H3,(H,17,18). The first-order valence-electron chi connectivity index (χ1n) is 6.09. The first kappa shape index (κ1) is 15.0. The minimum absolute atomic E-state index is 0.338. The first-order chi connectivity index (χ1) is 8.88. The summed E-state index contributed by atoms with van der Waals surface area (Å²) in [5.74, 6) is 5.18. The summed E-state index contributed by atoms with van der Waals surface area (Å²) in [6.45, 7) is 5.76. The molecule has 1 rings (SSSR count). The predicted molar refractivity (Wildman–Crippen MR) is 72.1 cm³/mol. The van der Waals surface area contributed by atoms with E-state index < -0.39 is 11.7 Å². The molecule has 0 spiro atoms. The number of alkyl carbamates (subject to hydrolysis) is 1. The van der Waals surface area contributed by atoms with Crippen molar-refractivity contribution in [3.05, 3.63) is 35.6 Å². The fourth-order valence-electron chi connectivity index (χ4n) is 1.26. The zero-order chi connectivity index (χ0) is 14.3. The van der Waals surface area contributed by atoms with Crippen LogP contribution in [0.4, 0.5) is 9.18 Å². The summed E-state index contributed by atoms with van der Waals surface area (Å²) in [6.07, 6.45) is -0.0340. The van der Waals surface area contributed by atoms with Crippen LogP contribution in [0.15, 0.2) is 24.3 Å². The fourth-order valence-corrected chi connectivity index (χ4v) is 1.26. The van der Waals surface area contributed by atoms with Crippen molar-refractivity contribution in [1.29, 1.82) is 0 Å². The van der Waals surface area contributed by atoms with Crippen molar-refractivity contribution in [2.45, 2.75) is 32.8 Å². The second kappa shape index (κ2) is 6.79. The third-order valence-electron chi connectivity index (χ3n) is 2.02. The van der Waals surface area contributed by atoms with Gasteiger partial charge in [-0.05, 0) is 32.9 Å². The molecule has 0 fully saturated rings. The van der Waals surface area contributed by atoms with Crippen molar-refractivity contribution in [2.75, 3.05) is 6.54 Å². The van der Waals surface area contributed by atoms with Crippen LogP contribution in [0.2, 0.25) is 0 Å². The summed E-state index contributed by atoms with van der Waals surface area (Å²) < 4.78 is 18.3. The number of rotatable bonds is 2. The van der Waals surface area contributed by atoms with E-state index in [0.717, 1.165) is 0 Å². The Morgan fingerprint density at radius 2 is 2.05 bits per heavy atom. The first-order valence-corrected chi connectivity index (χ1v) is 6.09. The molecule has 1 aromatic rings. The minimum atomic E-state index is -0.511. The molecular formula is C15H18FNO2. The van der Waals surface area contributed by atoms with Gasteiger partial charge in [0.1, 0.15) is 11.4 Å². The maximum absolute atomic E-state index is 13.2. The summed E-state index contributed by atoms with van der Waals surface area (Å²) in [5.41, 5.74) is -0.150. The number of amides is 1. The van der Waals surface area contributed by atoms with E-state index in [-0.39, 0.29) is 5.82 Å². The molecule has 0 aliphatic carbocycles. The van der Waals surface area contributed by atoms with Gasteiger partial charge in [0.15, 0.2) is 0 Å². The molecule has 0 aromatic heterocycles. The summed E-state index contributed by atoms with van der Waals surface area (Å²) in [4.78, 5) is 11.3. The van der Waals surface area contributed by atoms with Crippen LogP contribution >= 0.6 is 0 Å². The molecule has 0 heterocycles. The molecule has 0 atom stereocenters. The van der Waals surface area contributed by atoms with Crippen molar-refractivity contribution in [3.8, 4) is 11.8 Å². The molecule has 0 bridgehead atoms. The molecule has 1 aromatic carbocycles. The Morgan fingerprint density at radius 3 is 2.68 bits per heavy atom. The van der Waals surface area contributed by atoms with Gasteiger partial charge in [-0.15, -0.1) is 0 Å². The number of hydrogen-bond donors (Lipinski definition) is 1. The Labute approximate surface area is 113 Å². The predicted octanol–water partition coefficient (Wildman–Crippen LogP) is 3.09. The van der Waals surface area contributed by atoms with Gasteiger partial charge in [0.2, 0.25) is 0 Å². The lowest BCUT2D eigenvalue weighted by molar-refractivity contribution is 0.0529. The molecule has 0 aliphatic rings. The van der Waals surface area contributed by atoms with Gasteiger partial charge in [0, 0.05) is 13.0 Å². The van der Waals surface area contributed by atoms with E-state index >= 15 is 0 Å². The highest BCUT2D eigenvalue weighted by Gasteiger charge is 2.15. The zero-order valence-electron chi connectivity index (χ0n) is 11.4. The van der Waals surface area contributed by atoms with Crippen LogP contribution < -0.4 is 5.32 Å². The average molecular weight is 263 g/mol. The summed E-state index contributed by atoms with van der Waals surface area (Å²) in [6, 6.07) is 6.32. The molecular weight excluding hydrogens is 245 g/mol. The van der Waals surface area contributed by atoms with Crippen molar-refractivity contribution in [1.82, 2.24) is 5.32 Å². The van der Waals surface area contributed by atoms with E-state index in [0.29, 0.717) is 18.5 Å². The molecule has 0 saturated heterocycles. The van der Waals surface area contributed by atoms with Gasteiger partial charge in [-0.3, -0.25) is 0 Å². The number of carbonyl (C=O) groups excluding carboxylic acids is 1. The molecule has 19 heavy (non-hydrogen) atoms. The number of nitrogens with one attached hydrogen (secondary N) is 1. The topological polar surface area (TPSA) is 38.3 Å². The van der Waals surface area contributed by atoms with E-state index in [1.54, 1.807) is 39.0 Å². The SMILES string of the molecule is CC(C)(C)OC(=O)NCCC#Cc1ccccc1F. The highest BCUT2D eigenvalue weighted by Crippen LogP contribution is 2.06. The van der Waals surface area contributed by atoms with Crippen molar-refractivity contribution >= 4 is 6.09 Å². The Hall–Kier alpha value is -2.02. The van der Waals surface area contributed by atoms with Crippen LogP contribution in [0.1, 0.15) is 32.8 Å². The van der Waals surface area contributed by atoms with Gasteiger partial charge >= 0.3 is 6.09 Å². The smallest absolute Gasteiger partial charge is 0.407 e. The number of benzene rings is 1. The maximum atomic E-state index is 13.2. The third kappa shape index (κ3) is 6.46. The van der Waals surface area contributed by atoms with Crippen molar-refractivity contribution < 1.29 is 13.9 Å². The monoisotopic (exact) mass is 263 g/mol. The number of carbonyl (C=O) groups is 1. The lowest BCUT2D eigenvalue weighted by Gasteiger charge is -2.19. The Morgan fingerprint density at radius 1 is 1.37 bits per heavy atom. The van der Waals surface area contributed by atoms with Crippen LogP contribution in [0.5, 0.6) is 0 Å². The molecule has 3 nitrogen and oxygen atoms in total. The van der Waals surface area contributed by atoms with E-state index in [2.05, 4.69) is 17.2 Å². The van der Waals surface area contributed by atoms with Gasteiger partial charge in [-0.25, -0.2) is 9.18 Å². The Balaban J connectivity index is 2.33. The van der Waals surface area contributed by atoms with E-state index in [1.165, 1.54) is 6.07 Å². The summed E-state index contributed by atoms with van der Waals surface area (Å²) in [5, 5.41) is 2.58. The van der Waals surface area contributed by atoms with Gasteiger partial charge in [0.25, 0.3) is 0 Å². The minimum Gasteiger partial charge on any atom is -0.444 e. The molecule has 0 saturated carbocycles. The Kier molecular flexibility index (Phi) is 5.37. The molecule has 1 N–H and O–H groups in total. The van der Waals surface area contributed by atoms with Crippen LogP contribution in [-0.4, -0.2) is 18.2 Å². The zero-order valence-corrected chi connectivity index (χ0v) is 11.4. The van der Waals surface area contributed by atoms with E-state index in [9.17, 15) is 9.18 Å². The molecule has 1 amide bonds. The van der Waals surface area contributed by atoms with Gasteiger partial charge in [-0.1, -0.05) is 24.0 Å². The lowest BCUT2D eigenvalue weighted by atomic mass is 10.2. The highest BCUT2D eigenvalue weighted by molar-refractivity contribution is 5.67. The third-order valence-corrected chi connectivity index (χ3v) is 2.02. The molecule has 0 radical (unpaired) electrons. The summed E-state index contributed by atoms with van der Waals surface area (Å²) >= 11 is 0. The van der Waals surface area contributed by atoms with E-state index in [1.807, 2.05) is 0 Å². The number of halogens is 1. The van der Waals surface area contributed by atoms with Crippen LogP contribution in [0, 0.1) is 17.7 Å². The summed E-state index contributed by atoms with van der Waals surface area (Å²) in [7, 11) is 0. The van der Waals surface area contributed by atoms with Crippen molar-refractivity contribution in [3.63, 3.8) is 0 Å². The normalized spacial score (nSPS) is 10.3. The number of hydrogen-bond acceptors (Lipinski definition) is 2. The Bertz CT molecular complexity index is 495. The van der Waals surface area contributed by atoms with Crippen LogP contribution in [0.3, 0.4) is 0 Å². The van der Waals surface area contributed by atoms with Crippen molar-refractivity contribution in [2.24, 2.45) is 0 Å². The lowest BCUT2D eigenvalue weighted by Crippen LogP contribution is -2.32. The second-order valence-electron chi connectivity index (χ2n) is 4.96. The maximum Gasteiger partial charge on any atom is 0.407 e. The van der Waals surface area contributed by atoms with E-state index in [4.69, 9.17) is 4.74 Å². The van der Waals surface area contributed by atoms with Gasteiger partial charge < -0.3 is 10.1 Å². The van der Waals surface area contributed by atoms with Gasteiger partial charge in [0.05, 0.1) is 5.56 Å². The average Bonchev–Trinajstić information content (AvgIpc) is 2.28. The largest absolute Gasteiger partial charge is 0.444 e. The quantitative estimate of drug-likeness (QED) is 0.657. The molecule has 4 heteroatoms. The van der Waals surface area contributed by atoms with Crippen LogP contribution in [0.25, 0.3) is 0 Å².